The highest BCUT2D eigenvalue weighted by Gasteiger charge is 2.51. The van der Waals surface area contributed by atoms with Crippen molar-refractivity contribution in [2.45, 2.75) is 43.0 Å². The van der Waals surface area contributed by atoms with E-state index in [2.05, 4.69) is 0 Å². The average Bonchev–Trinajstić information content (AvgIpc) is 3.19. The van der Waals surface area contributed by atoms with Crippen LogP contribution in [0.1, 0.15) is 32.3 Å². The summed E-state index contributed by atoms with van der Waals surface area (Å²) in [5.41, 5.74) is -0.122. The van der Waals surface area contributed by atoms with Crippen LogP contribution in [0.25, 0.3) is 0 Å². The number of hydrogen-bond donors (Lipinski definition) is 1. The molecule has 110 valence electrons. The molecule has 2 rings (SSSR count). The van der Waals surface area contributed by atoms with Gasteiger partial charge in [0, 0.05) is 13.1 Å². The average molecular weight is 297 g/mol. The van der Waals surface area contributed by atoms with Crippen molar-refractivity contribution < 1.29 is 18.3 Å². The Morgan fingerprint density at radius 1 is 1.25 bits per heavy atom. The first-order chi connectivity index (χ1) is 9.21. The molecular weight excluding hydrogens is 278 g/mol. The molecule has 0 saturated heterocycles. The van der Waals surface area contributed by atoms with Gasteiger partial charge in [-0.1, -0.05) is 12.1 Å². The van der Waals surface area contributed by atoms with Gasteiger partial charge in [0.2, 0.25) is 10.0 Å². The van der Waals surface area contributed by atoms with Crippen molar-refractivity contribution in [3.05, 3.63) is 29.8 Å². The second kappa shape index (κ2) is 4.86. The number of sulfonamides is 1. The van der Waals surface area contributed by atoms with E-state index < -0.39 is 21.4 Å². The highest BCUT2D eigenvalue weighted by Crippen LogP contribution is 2.48. The van der Waals surface area contributed by atoms with Gasteiger partial charge < -0.3 is 5.11 Å². The molecule has 0 aromatic heterocycles. The lowest BCUT2D eigenvalue weighted by molar-refractivity contribution is -0.140. The highest BCUT2D eigenvalue weighted by atomic mass is 32.2. The minimum Gasteiger partial charge on any atom is -0.481 e. The van der Waals surface area contributed by atoms with Crippen LogP contribution in [0.4, 0.5) is 0 Å². The molecule has 20 heavy (non-hydrogen) atoms. The minimum absolute atomic E-state index is 0.131. The Morgan fingerprint density at radius 2 is 1.75 bits per heavy atom. The number of carboxylic acids is 1. The molecule has 5 nitrogen and oxygen atoms in total. The van der Waals surface area contributed by atoms with Crippen LogP contribution < -0.4 is 0 Å². The molecule has 0 bridgehead atoms. The molecule has 1 fully saturated rings. The summed E-state index contributed by atoms with van der Waals surface area (Å²) < 4.78 is 25.9. The normalized spacial score (nSPS) is 17.4. The molecule has 0 atom stereocenters. The Kier molecular flexibility index (Phi) is 3.64. The first-order valence-corrected chi connectivity index (χ1v) is 7.98. The molecule has 0 heterocycles. The van der Waals surface area contributed by atoms with Gasteiger partial charge in [-0.3, -0.25) is 4.79 Å². The summed E-state index contributed by atoms with van der Waals surface area (Å²) >= 11 is 0. The topological polar surface area (TPSA) is 74.7 Å². The van der Waals surface area contributed by atoms with Crippen LogP contribution in [-0.4, -0.2) is 36.9 Å². The van der Waals surface area contributed by atoms with E-state index in [9.17, 15) is 18.3 Å². The Morgan fingerprint density at radius 3 is 2.10 bits per heavy atom. The minimum atomic E-state index is -3.51. The van der Waals surface area contributed by atoms with Crippen molar-refractivity contribution in [1.29, 1.82) is 0 Å². The zero-order valence-corrected chi connectivity index (χ0v) is 12.6. The summed E-state index contributed by atoms with van der Waals surface area (Å²) in [6.45, 7) is 3.60. The van der Waals surface area contributed by atoms with Gasteiger partial charge >= 0.3 is 5.97 Å². The Bertz CT molecular complexity index is 615. The molecule has 1 aromatic rings. The third kappa shape index (κ3) is 2.33. The molecule has 1 aliphatic rings. The van der Waals surface area contributed by atoms with Gasteiger partial charge in [0.15, 0.2) is 0 Å². The van der Waals surface area contributed by atoms with Gasteiger partial charge in [0.25, 0.3) is 0 Å². The van der Waals surface area contributed by atoms with Crippen LogP contribution in [0.3, 0.4) is 0 Å². The number of nitrogens with zero attached hydrogens (tertiary/aromatic N) is 1. The van der Waals surface area contributed by atoms with Crippen molar-refractivity contribution in [2.75, 3.05) is 7.05 Å². The van der Waals surface area contributed by atoms with Crippen molar-refractivity contribution >= 4 is 16.0 Å². The molecule has 1 saturated carbocycles. The summed E-state index contributed by atoms with van der Waals surface area (Å²) in [4.78, 5) is 11.4. The summed E-state index contributed by atoms with van der Waals surface area (Å²) in [6.07, 6.45) is 1.22. The largest absolute Gasteiger partial charge is 0.481 e. The van der Waals surface area contributed by atoms with E-state index in [1.807, 2.05) is 0 Å². The Labute approximate surface area is 119 Å². The molecule has 1 N–H and O–H groups in total. The second-order valence-electron chi connectivity index (χ2n) is 5.53. The highest BCUT2D eigenvalue weighted by molar-refractivity contribution is 7.89. The number of carboxylic acid groups (broad SMARTS) is 1. The quantitative estimate of drug-likeness (QED) is 0.899. The summed E-state index contributed by atoms with van der Waals surface area (Å²) in [7, 11) is -1.98. The molecule has 0 aliphatic heterocycles. The third-order valence-corrected chi connectivity index (χ3v) is 6.02. The van der Waals surface area contributed by atoms with Crippen molar-refractivity contribution in [1.82, 2.24) is 4.31 Å². The summed E-state index contributed by atoms with van der Waals surface area (Å²) in [6, 6.07) is 6.08. The molecule has 1 aliphatic carbocycles. The second-order valence-corrected chi connectivity index (χ2v) is 7.52. The van der Waals surface area contributed by atoms with Crippen molar-refractivity contribution in [2.24, 2.45) is 0 Å². The number of aliphatic carboxylic acids is 1. The van der Waals surface area contributed by atoms with Crippen molar-refractivity contribution in [3.8, 4) is 0 Å². The van der Waals surface area contributed by atoms with E-state index in [1.54, 1.807) is 26.0 Å². The van der Waals surface area contributed by atoms with Crippen LogP contribution in [0.5, 0.6) is 0 Å². The van der Waals surface area contributed by atoms with Crippen molar-refractivity contribution in [3.63, 3.8) is 0 Å². The standard InChI is InChI=1S/C14H19NO4S/c1-10(2)15(3)20(18,19)12-6-4-11(5-7-12)14(8-9-14)13(16)17/h4-7,10H,8-9H2,1-3H3,(H,16,17). The Balaban J connectivity index is 2.32. The van der Waals surface area contributed by atoms with E-state index in [0.29, 0.717) is 18.4 Å². The maximum absolute atomic E-state index is 12.3. The lowest BCUT2D eigenvalue weighted by Crippen LogP contribution is -2.33. The number of rotatable bonds is 5. The molecule has 0 spiro atoms. The first kappa shape index (κ1) is 15.0. The maximum Gasteiger partial charge on any atom is 0.314 e. The van der Waals surface area contributed by atoms with E-state index in [1.165, 1.54) is 23.5 Å². The smallest absolute Gasteiger partial charge is 0.314 e. The van der Waals surface area contributed by atoms with Crippen LogP contribution in [0, 0.1) is 0 Å². The van der Waals surface area contributed by atoms with E-state index in [-0.39, 0.29) is 10.9 Å². The molecule has 6 heteroatoms. The number of benzene rings is 1. The molecule has 0 unspecified atom stereocenters. The Hall–Kier alpha value is -1.40. The fourth-order valence-electron chi connectivity index (χ4n) is 2.14. The van der Waals surface area contributed by atoms with Gasteiger partial charge in [0.05, 0.1) is 10.3 Å². The molecule has 0 radical (unpaired) electrons. The fraction of sp³-hybridized carbons (Fsp3) is 0.500. The van der Waals surface area contributed by atoms with Gasteiger partial charge in [-0.15, -0.1) is 0 Å². The SMILES string of the molecule is CC(C)N(C)S(=O)(=O)c1ccc(C2(C(=O)O)CC2)cc1. The number of carbonyl (C=O) groups is 1. The zero-order chi connectivity index (χ0) is 15.1. The monoisotopic (exact) mass is 297 g/mol. The summed E-state index contributed by atoms with van der Waals surface area (Å²) in [5, 5.41) is 9.22. The van der Waals surface area contributed by atoms with E-state index >= 15 is 0 Å². The van der Waals surface area contributed by atoms with Crippen LogP contribution >= 0.6 is 0 Å². The maximum atomic E-state index is 12.3. The van der Waals surface area contributed by atoms with Gasteiger partial charge in [-0.05, 0) is 44.4 Å². The molecule has 0 amide bonds. The van der Waals surface area contributed by atoms with Gasteiger partial charge in [-0.2, -0.15) is 4.31 Å². The van der Waals surface area contributed by atoms with Gasteiger partial charge in [-0.25, -0.2) is 8.42 Å². The number of hydrogen-bond acceptors (Lipinski definition) is 3. The lowest BCUT2D eigenvalue weighted by atomic mass is 9.96. The van der Waals surface area contributed by atoms with Crippen LogP contribution in [-0.2, 0) is 20.2 Å². The molecule has 1 aromatic carbocycles. The van der Waals surface area contributed by atoms with Gasteiger partial charge in [0.1, 0.15) is 0 Å². The predicted octanol–water partition coefficient (Wildman–Crippen LogP) is 1.83. The van der Waals surface area contributed by atoms with Crippen LogP contribution in [0.2, 0.25) is 0 Å². The third-order valence-electron chi connectivity index (χ3n) is 3.97. The molecular formula is C14H19NO4S. The lowest BCUT2D eigenvalue weighted by Gasteiger charge is -2.21. The fourth-order valence-corrected chi connectivity index (χ4v) is 3.51. The zero-order valence-electron chi connectivity index (χ0n) is 11.8. The van der Waals surface area contributed by atoms with E-state index in [4.69, 9.17) is 0 Å². The van der Waals surface area contributed by atoms with E-state index in [0.717, 1.165) is 0 Å². The predicted molar refractivity (Wildman–Crippen MR) is 75.1 cm³/mol. The van der Waals surface area contributed by atoms with Crippen LogP contribution in [0.15, 0.2) is 29.2 Å². The summed E-state index contributed by atoms with van der Waals surface area (Å²) in [5.74, 6) is -0.840. The first-order valence-electron chi connectivity index (χ1n) is 6.54.